The van der Waals surface area contributed by atoms with Gasteiger partial charge in [0.05, 0.1) is 11.6 Å². The number of aromatic nitrogens is 2. The monoisotopic (exact) mass is 384 g/mol. The third-order valence-electron chi connectivity index (χ3n) is 3.02. The zero-order chi connectivity index (χ0) is 17.5. The lowest BCUT2D eigenvalue weighted by Gasteiger charge is -1.98. The number of benzene rings is 1. The van der Waals surface area contributed by atoms with Gasteiger partial charge in [-0.25, -0.2) is 0 Å². The van der Waals surface area contributed by atoms with Gasteiger partial charge in [0, 0.05) is 16.7 Å². The molecule has 0 radical (unpaired) electrons. The molecule has 1 amide bonds. The van der Waals surface area contributed by atoms with Crippen molar-refractivity contribution in [1.82, 2.24) is 10.2 Å². The summed E-state index contributed by atoms with van der Waals surface area (Å²) >= 11 is 4.45. The van der Waals surface area contributed by atoms with Gasteiger partial charge in [0.1, 0.15) is 0 Å². The Bertz CT molecular complexity index is 908. The Morgan fingerprint density at radius 2 is 2.12 bits per heavy atom. The van der Waals surface area contributed by atoms with E-state index in [4.69, 9.17) is 5.26 Å². The number of amides is 1. The molecule has 0 fully saturated rings. The molecule has 0 bridgehead atoms. The molecule has 0 spiro atoms. The maximum absolute atomic E-state index is 11.9. The van der Waals surface area contributed by atoms with E-state index in [0.717, 1.165) is 20.5 Å². The Morgan fingerprint density at radius 1 is 1.28 bits per heavy atom. The number of nitriles is 1. The van der Waals surface area contributed by atoms with Crippen LogP contribution >= 0.6 is 34.4 Å². The second kappa shape index (κ2) is 8.58. The highest BCUT2D eigenvalue weighted by Gasteiger charge is 2.07. The van der Waals surface area contributed by atoms with Crippen LogP contribution in [0, 0.1) is 11.3 Å². The minimum Gasteiger partial charge on any atom is -0.297 e. The SMILES string of the molecule is N#Cc1ccc(CSc2nnc(NC(=O)/C=C/c3cccs3)s2)cc1. The van der Waals surface area contributed by atoms with Crippen molar-refractivity contribution < 1.29 is 4.79 Å². The van der Waals surface area contributed by atoms with Crippen molar-refractivity contribution in [2.45, 2.75) is 10.1 Å². The molecule has 1 N–H and O–H groups in total. The standard InChI is InChI=1S/C17H12N4OS3/c18-10-12-3-5-13(6-4-12)11-24-17-21-20-16(25-17)19-15(22)8-7-14-2-1-9-23-14/h1-9H,11H2,(H,19,20,22)/b8-7+. The first-order valence-electron chi connectivity index (χ1n) is 7.21. The summed E-state index contributed by atoms with van der Waals surface area (Å²) in [6.07, 6.45) is 3.25. The molecule has 8 heteroatoms. The van der Waals surface area contributed by atoms with Crippen molar-refractivity contribution in [3.8, 4) is 6.07 Å². The van der Waals surface area contributed by atoms with Crippen molar-refractivity contribution in [2.75, 3.05) is 5.32 Å². The van der Waals surface area contributed by atoms with E-state index >= 15 is 0 Å². The first kappa shape index (κ1) is 17.4. The quantitative estimate of drug-likeness (QED) is 0.387. The molecule has 0 aliphatic heterocycles. The topological polar surface area (TPSA) is 78.7 Å². The molecule has 0 saturated carbocycles. The molecule has 2 aromatic heterocycles. The van der Waals surface area contributed by atoms with Crippen LogP contribution in [0.4, 0.5) is 5.13 Å². The van der Waals surface area contributed by atoms with Crippen LogP contribution in [0.3, 0.4) is 0 Å². The van der Waals surface area contributed by atoms with Crippen molar-refractivity contribution in [3.63, 3.8) is 0 Å². The third kappa shape index (κ3) is 5.26. The fraction of sp³-hybridized carbons (Fsp3) is 0.0588. The third-order valence-corrected chi connectivity index (χ3v) is 5.90. The Hall–Kier alpha value is -2.47. The minimum atomic E-state index is -0.229. The summed E-state index contributed by atoms with van der Waals surface area (Å²) in [5.41, 5.74) is 1.74. The smallest absolute Gasteiger partial charge is 0.250 e. The Morgan fingerprint density at radius 3 is 2.84 bits per heavy atom. The number of hydrogen-bond acceptors (Lipinski definition) is 7. The van der Waals surface area contributed by atoms with Crippen molar-refractivity contribution in [2.24, 2.45) is 0 Å². The highest BCUT2D eigenvalue weighted by molar-refractivity contribution is 8.00. The van der Waals surface area contributed by atoms with Crippen LogP contribution < -0.4 is 5.32 Å². The van der Waals surface area contributed by atoms with Gasteiger partial charge in [-0.15, -0.1) is 21.5 Å². The summed E-state index contributed by atoms with van der Waals surface area (Å²) < 4.78 is 0.780. The van der Waals surface area contributed by atoms with Gasteiger partial charge in [-0.3, -0.25) is 10.1 Å². The van der Waals surface area contributed by atoms with Crippen LogP contribution in [0.15, 0.2) is 52.2 Å². The number of carbonyl (C=O) groups is 1. The van der Waals surface area contributed by atoms with Gasteiger partial charge < -0.3 is 0 Å². The molecule has 0 aliphatic rings. The summed E-state index contributed by atoms with van der Waals surface area (Å²) in [6, 6.07) is 13.4. The molecule has 124 valence electrons. The maximum atomic E-state index is 11.9. The van der Waals surface area contributed by atoms with Crippen molar-refractivity contribution in [1.29, 1.82) is 5.26 Å². The van der Waals surface area contributed by atoms with Gasteiger partial charge in [-0.05, 0) is 35.2 Å². The highest BCUT2D eigenvalue weighted by atomic mass is 32.2. The average Bonchev–Trinajstić information content (AvgIpc) is 3.30. The maximum Gasteiger partial charge on any atom is 0.250 e. The molecule has 0 unspecified atom stereocenters. The van der Waals surface area contributed by atoms with E-state index in [0.29, 0.717) is 10.7 Å². The molecule has 0 aliphatic carbocycles. The van der Waals surface area contributed by atoms with Gasteiger partial charge in [0.25, 0.3) is 0 Å². The number of nitrogens with one attached hydrogen (secondary N) is 1. The van der Waals surface area contributed by atoms with Crippen LogP contribution in [0.1, 0.15) is 16.0 Å². The molecular formula is C17H12N4OS3. The zero-order valence-electron chi connectivity index (χ0n) is 12.9. The Balaban J connectivity index is 1.51. The summed E-state index contributed by atoms with van der Waals surface area (Å²) in [5.74, 6) is 0.500. The largest absolute Gasteiger partial charge is 0.297 e. The predicted octanol–water partition coefficient (Wildman–Crippen LogP) is 4.42. The number of rotatable bonds is 6. The number of carbonyl (C=O) groups excluding carboxylic acids is 1. The van der Waals surface area contributed by atoms with Gasteiger partial charge in [0.2, 0.25) is 11.0 Å². The lowest BCUT2D eigenvalue weighted by atomic mass is 10.2. The normalized spacial score (nSPS) is 10.7. The molecule has 5 nitrogen and oxygen atoms in total. The molecule has 0 saturated heterocycles. The second-order valence-electron chi connectivity index (χ2n) is 4.81. The fourth-order valence-electron chi connectivity index (χ4n) is 1.83. The number of hydrogen-bond donors (Lipinski definition) is 1. The number of thiophene rings is 1. The first-order chi connectivity index (χ1) is 12.2. The molecular weight excluding hydrogens is 372 g/mol. The van der Waals surface area contributed by atoms with Crippen molar-refractivity contribution >= 4 is 51.6 Å². The zero-order valence-corrected chi connectivity index (χ0v) is 15.3. The van der Waals surface area contributed by atoms with Crippen LogP contribution in [0.2, 0.25) is 0 Å². The molecule has 2 heterocycles. The molecule has 3 aromatic rings. The molecule has 1 aromatic carbocycles. The summed E-state index contributed by atoms with van der Waals surface area (Å²) in [4.78, 5) is 12.9. The van der Waals surface area contributed by atoms with E-state index in [1.807, 2.05) is 29.6 Å². The van der Waals surface area contributed by atoms with Crippen LogP contribution in [0.25, 0.3) is 6.08 Å². The lowest BCUT2D eigenvalue weighted by Crippen LogP contribution is -2.07. The van der Waals surface area contributed by atoms with Crippen LogP contribution in [-0.4, -0.2) is 16.1 Å². The Labute approximate surface area is 157 Å². The minimum absolute atomic E-state index is 0.229. The Kier molecular flexibility index (Phi) is 5.95. The van der Waals surface area contributed by atoms with E-state index in [-0.39, 0.29) is 5.91 Å². The van der Waals surface area contributed by atoms with E-state index in [9.17, 15) is 4.79 Å². The van der Waals surface area contributed by atoms with Gasteiger partial charge in [0.15, 0.2) is 4.34 Å². The van der Waals surface area contributed by atoms with Crippen molar-refractivity contribution in [3.05, 3.63) is 63.9 Å². The van der Waals surface area contributed by atoms with Gasteiger partial charge >= 0.3 is 0 Å². The number of nitrogens with zero attached hydrogens (tertiary/aromatic N) is 3. The fourth-order valence-corrected chi connectivity index (χ4v) is 4.16. The summed E-state index contributed by atoms with van der Waals surface area (Å²) in [7, 11) is 0. The highest BCUT2D eigenvalue weighted by Crippen LogP contribution is 2.28. The molecule has 25 heavy (non-hydrogen) atoms. The second-order valence-corrected chi connectivity index (χ2v) is 7.99. The van der Waals surface area contributed by atoms with Gasteiger partial charge in [-0.2, -0.15) is 5.26 Å². The van der Waals surface area contributed by atoms with E-state index in [2.05, 4.69) is 21.6 Å². The average molecular weight is 385 g/mol. The van der Waals surface area contributed by atoms with Crippen LogP contribution in [0.5, 0.6) is 0 Å². The number of anilines is 1. The number of thioether (sulfide) groups is 1. The predicted molar refractivity (Wildman–Crippen MR) is 103 cm³/mol. The summed E-state index contributed by atoms with van der Waals surface area (Å²) in [6.45, 7) is 0. The van der Waals surface area contributed by atoms with E-state index in [1.54, 1.807) is 41.3 Å². The molecule has 0 atom stereocenters. The lowest BCUT2D eigenvalue weighted by molar-refractivity contribution is -0.111. The summed E-state index contributed by atoms with van der Waals surface area (Å²) in [5, 5.41) is 22.0. The first-order valence-corrected chi connectivity index (χ1v) is 9.89. The van der Waals surface area contributed by atoms with Crippen LogP contribution in [-0.2, 0) is 10.5 Å². The molecule has 3 rings (SSSR count). The van der Waals surface area contributed by atoms with E-state index < -0.39 is 0 Å². The van der Waals surface area contributed by atoms with Gasteiger partial charge in [-0.1, -0.05) is 41.3 Å². The van der Waals surface area contributed by atoms with E-state index in [1.165, 1.54) is 17.4 Å².